The number of carbonyl (C=O) groups is 1. The molecule has 0 radical (unpaired) electrons. The number of methoxy groups -OCH3 is 2. The summed E-state index contributed by atoms with van der Waals surface area (Å²) in [6.45, 7) is 7.36. The van der Waals surface area contributed by atoms with E-state index in [9.17, 15) is 19.7 Å². The fourth-order valence-electron chi connectivity index (χ4n) is 4.44. The highest BCUT2D eigenvalue weighted by molar-refractivity contribution is 9.10. The summed E-state index contributed by atoms with van der Waals surface area (Å²) in [5.74, 6) is 0.167. The lowest BCUT2D eigenvalue weighted by Crippen LogP contribution is -2.26. The Labute approximate surface area is 250 Å². The zero-order valence-corrected chi connectivity index (χ0v) is 25.5. The summed E-state index contributed by atoms with van der Waals surface area (Å²) in [5.41, 5.74) is 2.17. The predicted octanol–water partition coefficient (Wildman–Crippen LogP) is 6.00. The van der Waals surface area contributed by atoms with Crippen LogP contribution in [0, 0.1) is 17.0 Å². The topological polar surface area (TPSA) is 135 Å². The number of aromatic nitrogens is 2. The van der Waals surface area contributed by atoms with Crippen LogP contribution >= 0.6 is 15.9 Å². The molecule has 1 aromatic heterocycles. The van der Waals surface area contributed by atoms with Crippen molar-refractivity contribution in [3.8, 4) is 22.9 Å². The van der Waals surface area contributed by atoms with Crippen molar-refractivity contribution in [1.29, 1.82) is 0 Å². The molecule has 0 amide bonds. The molecule has 0 aliphatic rings. The van der Waals surface area contributed by atoms with Crippen LogP contribution in [0.5, 0.6) is 11.5 Å². The van der Waals surface area contributed by atoms with Gasteiger partial charge in [0.2, 0.25) is 5.75 Å². The number of halogens is 1. The van der Waals surface area contributed by atoms with Crippen molar-refractivity contribution in [3.63, 3.8) is 0 Å². The van der Waals surface area contributed by atoms with E-state index in [2.05, 4.69) is 21.0 Å². The third kappa shape index (κ3) is 6.03. The maximum Gasteiger partial charge on any atom is 0.346 e. The number of esters is 1. The van der Waals surface area contributed by atoms with Gasteiger partial charge in [0.25, 0.3) is 5.56 Å². The lowest BCUT2D eigenvalue weighted by Gasteiger charge is -2.17. The molecule has 0 saturated carbocycles. The van der Waals surface area contributed by atoms with Crippen molar-refractivity contribution >= 4 is 44.7 Å². The van der Waals surface area contributed by atoms with Gasteiger partial charge in [-0.3, -0.25) is 14.9 Å². The van der Waals surface area contributed by atoms with Gasteiger partial charge in [0, 0.05) is 21.7 Å². The number of hydrogen-bond donors (Lipinski definition) is 0. The Balaban J connectivity index is 1.99. The fourth-order valence-corrected chi connectivity index (χ4v) is 4.91. The van der Waals surface area contributed by atoms with Crippen LogP contribution in [-0.2, 0) is 9.53 Å². The molecule has 218 valence electrons. The number of carbonyl (C=O) groups excluding carboxylic acids is 1. The molecular weight excluding hydrogens is 608 g/mol. The minimum Gasteiger partial charge on any atom is -0.496 e. The highest BCUT2D eigenvalue weighted by atomic mass is 79.9. The van der Waals surface area contributed by atoms with Crippen molar-refractivity contribution in [2.45, 2.75) is 39.7 Å². The summed E-state index contributed by atoms with van der Waals surface area (Å²) in [6, 6.07) is 13.5. The lowest BCUT2D eigenvalue weighted by atomic mass is 9.96. The minimum atomic E-state index is -1.15. The molecular formula is C30H29BrN4O7. The Bertz CT molecular complexity index is 1780. The van der Waals surface area contributed by atoms with E-state index in [1.807, 2.05) is 32.9 Å². The van der Waals surface area contributed by atoms with Gasteiger partial charge < -0.3 is 14.2 Å². The molecule has 0 fully saturated rings. The smallest absolute Gasteiger partial charge is 0.346 e. The standard InChI is InChI=1S/C30H29BrN4O7/c1-16(2)22-14-23(17(3)11-26(22)40-5)28-33-24-10-8-7-9-21(24)29(36)34(28)32-15-19-12-20(31)13-25(35(38)39)27(19)42-18(4)30(37)41-6/h7-16,18H,1-6H3/t18-/m1/s1. The zero-order valence-electron chi connectivity index (χ0n) is 23.9. The van der Waals surface area contributed by atoms with E-state index < -0.39 is 28.2 Å². The number of para-hydroxylation sites is 1. The molecule has 1 heterocycles. The zero-order chi connectivity index (χ0) is 30.7. The van der Waals surface area contributed by atoms with Gasteiger partial charge in [-0.1, -0.05) is 41.9 Å². The van der Waals surface area contributed by atoms with Crippen LogP contribution < -0.4 is 15.0 Å². The summed E-state index contributed by atoms with van der Waals surface area (Å²) in [6.07, 6.45) is 0.111. The third-order valence-corrected chi connectivity index (χ3v) is 7.05. The maximum absolute atomic E-state index is 13.8. The average molecular weight is 637 g/mol. The number of hydrogen-bond acceptors (Lipinski definition) is 9. The molecule has 42 heavy (non-hydrogen) atoms. The number of nitrogens with zero attached hydrogens (tertiary/aromatic N) is 4. The first kappa shape index (κ1) is 30.4. The molecule has 0 saturated heterocycles. The Kier molecular flexibility index (Phi) is 9.05. The van der Waals surface area contributed by atoms with Crippen molar-refractivity contribution < 1.29 is 23.9 Å². The summed E-state index contributed by atoms with van der Waals surface area (Å²) >= 11 is 3.29. The van der Waals surface area contributed by atoms with Gasteiger partial charge in [-0.25, -0.2) is 9.78 Å². The Morgan fingerprint density at radius 3 is 2.50 bits per heavy atom. The van der Waals surface area contributed by atoms with Crippen molar-refractivity contribution in [3.05, 3.63) is 90.2 Å². The predicted molar refractivity (Wildman–Crippen MR) is 163 cm³/mol. The van der Waals surface area contributed by atoms with Crippen LogP contribution in [0.25, 0.3) is 22.3 Å². The van der Waals surface area contributed by atoms with Gasteiger partial charge in [-0.15, -0.1) is 0 Å². The highest BCUT2D eigenvalue weighted by Crippen LogP contribution is 2.36. The molecule has 0 spiro atoms. The largest absolute Gasteiger partial charge is 0.496 e. The molecule has 0 aliphatic heterocycles. The van der Waals surface area contributed by atoms with Crippen LogP contribution in [0.1, 0.15) is 43.4 Å². The van der Waals surface area contributed by atoms with Crippen LogP contribution in [0.3, 0.4) is 0 Å². The van der Waals surface area contributed by atoms with Gasteiger partial charge >= 0.3 is 11.7 Å². The normalized spacial score (nSPS) is 12.1. The minimum absolute atomic E-state index is 0.113. The summed E-state index contributed by atoms with van der Waals surface area (Å²) in [4.78, 5) is 41.9. The van der Waals surface area contributed by atoms with E-state index >= 15 is 0 Å². The summed E-state index contributed by atoms with van der Waals surface area (Å²) in [7, 11) is 2.79. The van der Waals surface area contributed by atoms with Crippen LogP contribution in [-0.4, -0.2) is 47.1 Å². The molecule has 12 heteroatoms. The molecule has 0 unspecified atom stereocenters. The van der Waals surface area contributed by atoms with Gasteiger partial charge in [0.15, 0.2) is 11.9 Å². The number of ether oxygens (including phenoxy) is 3. The maximum atomic E-state index is 13.8. The number of nitro groups is 1. The summed E-state index contributed by atoms with van der Waals surface area (Å²) in [5, 5.41) is 16.7. The summed E-state index contributed by atoms with van der Waals surface area (Å²) < 4.78 is 17.5. The molecule has 4 aromatic rings. The molecule has 11 nitrogen and oxygen atoms in total. The number of aryl methyl sites for hydroxylation is 1. The second-order valence-electron chi connectivity index (χ2n) is 9.76. The monoisotopic (exact) mass is 636 g/mol. The van der Waals surface area contributed by atoms with Gasteiger partial charge in [-0.05, 0) is 61.2 Å². The second-order valence-corrected chi connectivity index (χ2v) is 10.7. The quantitative estimate of drug-likeness (QED) is 0.0945. The van der Waals surface area contributed by atoms with E-state index in [0.29, 0.717) is 26.7 Å². The van der Waals surface area contributed by atoms with Crippen molar-refractivity contribution in [1.82, 2.24) is 9.66 Å². The van der Waals surface area contributed by atoms with E-state index in [0.717, 1.165) is 15.8 Å². The first-order chi connectivity index (χ1) is 20.0. The Morgan fingerprint density at radius 2 is 1.86 bits per heavy atom. The third-order valence-electron chi connectivity index (χ3n) is 6.59. The van der Waals surface area contributed by atoms with Crippen LogP contribution in [0.4, 0.5) is 5.69 Å². The number of nitro benzene ring substituents is 1. The molecule has 0 N–H and O–H groups in total. The molecule has 1 atom stereocenters. The number of fused-ring (bicyclic) bond motifs is 1. The second kappa shape index (κ2) is 12.5. The first-order valence-electron chi connectivity index (χ1n) is 12.9. The number of benzene rings is 3. The molecule has 3 aromatic carbocycles. The van der Waals surface area contributed by atoms with Crippen LogP contribution in [0.15, 0.2) is 62.9 Å². The SMILES string of the molecule is COC(=O)[C@@H](C)Oc1c(C=Nn2c(-c3cc(C(C)C)c(OC)cc3C)nc3ccccc3c2=O)cc(Br)cc1[N+](=O)[O-]. The van der Waals surface area contributed by atoms with Crippen LogP contribution in [0.2, 0.25) is 0 Å². The first-order valence-corrected chi connectivity index (χ1v) is 13.7. The lowest BCUT2D eigenvalue weighted by molar-refractivity contribution is -0.386. The average Bonchev–Trinajstić information content (AvgIpc) is 2.96. The van der Waals surface area contributed by atoms with E-state index in [-0.39, 0.29) is 23.1 Å². The van der Waals surface area contributed by atoms with Gasteiger partial charge in [0.05, 0.1) is 36.3 Å². The highest BCUT2D eigenvalue weighted by Gasteiger charge is 2.26. The van der Waals surface area contributed by atoms with E-state index in [1.54, 1.807) is 31.4 Å². The number of rotatable bonds is 9. The van der Waals surface area contributed by atoms with Gasteiger partial charge in [0.1, 0.15) is 5.75 Å². The molecule has 0 aliphatic carbocycles. The van der Waals surface area contributed by atoms with Gasteiger partial charge in [-0.2, -0.15) is 9.78 Å². The Morgan fingerprint density at radius 1 is 1.14 bits per heavy atom. The molecule has 0 bridgehead atoms. The molecule has 4 rings (SSSR count). The van der Waals surface area contributed by atoms with E-state index in [4.69, 9.17) is 19.2 Å². The Hall–Kier alpha value is -4.58. The van der Waals surface area contributed by atoms with Crippen molar-refractivity contribution in [2.24, 2.45) is 5.10 Å². The van der Waals surface area contributed by atoms with E-state index in [1.165, 1.54) is 32.4 Å². The fraction of sp³-hybridized carbons (Fsp3) is 0.267. The van der Waals surface area contributed by atoms with Crippen molar-refractivity contribution in [2.75, 3.05) is 14.2 Å².